The molecule has 1 aromatic carbocycles. The van der Waals surface area contributed by atoms with E-state index in [0.717, 1.165) is 12.5 Å². The topological polar surface area (TPSA) is 29.9 Å². The molecule has 0 unspecified atom stereocenters. The van der Waals surface area contributed by atoms with Crippen molar-refractivity contribution in [2.75, 3.05) is 5.32 Å². The Morgan fingerprint density at radius 3 is 2.69 bits per heavy atom. The minimum atomic E-state index is 0.400. The minimum absolute atomic E-state index is 0.400. The zero-order valence-electron chi connectivity index (χ0n) is 9.72. The second-order valence-electron chi connectivity index (χ2n) is 4.16. The predicted octanol–water partition coefficient (Wildman–Crippen LogP) is 2.75. The molecule has 0 radical (unpaired) electrons. The number of nitrogens with one attached hydrogen (secondary N) is 1. The van der Waals surface area contributed by atoms with Gasteiger partial charge < -0.3 is 9.88 Å². The predicted molar refractivity (Wildman–Crippen MR) is 66.5 cm³/mol. The summed E-state index contributed by atoms with van der Waals surface area (Å²) in [6.07, 6.45) is 3.82. The van der Waals surface area contributed by atoms with Crippen LogP contribution in [0, 0.1) is 0 Å². The first kappa shape index (κ1) is 10.7. The molecule has 1 N–H and O–H groups in total. The summed E-state index contributed by atoms with van der Waals surface area (Å²) >= 11 is 0. The Morgan fingerprint density at radius 2 is 2.00 bits per heavy atom. The van der Waals surface area contributed by atoms with E-state index in [4.69, 9.17) is 0 Å². The Labute approximate surface area is 96.1 Å². The second kappa shape index (κ2) is 4.84. The summed E-state index contributed by atoms with van der Waals surface area (Å²) < 4.78 is 2.12. The van der Waals surface area contributed by atoms with Gasteiger partial charge in [0.2, 0.25) is 5.95 Å². The van der Waals surface area contributed by atoms with Crippen LogP contribution < -0.4 is 5.32 Å². The highest BCUT2D eigenvalue weighted by molar-refractivity contribution is 5.28. The van der Waals surface area contributed by atoms with Gasteiger partial charge in [-0.15, -0.1) is 0 Å². The molecule has 0 amide bonds. The largest absolute Gasteiger partial charge is 0.353 e. The molecular weight excluding hydrogens is 198 g/mol. The SMILES string of the molecule is CC(C)Nc1nccn1Cc1ccccc1. The summed E-state index contributed by atoms with van der Waals surface area (Å²) in [5.41, 5.74) is 1.28. The van der Waals surface area contributed by atoms with Crippen LogP contribution >= 0.6 is 0 Å². The Hall–Kier alpha value is -1.77. The minimum Gasteiger partial charge on any atom is -0.353 e. The summed E-state index contributed by atoms with van der Waals surface area (Å²) in [7, 11) is 0. The molecule has 0 aliphatic heterocycles. The summed E-state index contributed by atoms with van der Waals surface area (Å²) in [6.45, 7) is 5.08. The lowest BCUT2D eigenvalue weighted by Gasteiger charge is -2.12. The van der Waals surface area contributed by atoms with E-state index in [2.05, 4.69) is 53.0 Å². The van der Waals surface area contributed by atoms with Crippen LogP contribution in [0.3, 0.4) is 0 Å². The molecule has 84 valence electrons. The molecule has 0 spiro atoms. The molecular formula is C13H17N3. The first-order valence-electron chi connectivity index (χ1n) is 5.57. The number of benzene rings is 1. The fourth-order valence-corrected chi connectivity index (χ4v) is 1.62. The van der Waals surface area contributed by atoms with Crippen LogP contribution in [0.15, 0.2) is 42.7 Å². The van der Waals surface area contributed by atoms with Crippen molar-refractivity contribution in [2.24, 2.45) is 0 Å². The number of aromatic nitrogens is 2. The lowest BCUT2D eigenvalue weighted by molar-refractivity contribution is 0.774. The fraction of sp³-hybridized carbons (Fsp3) is 0.308. The Kier molecular flexibility index (Phi) is 3.25. The van der Waals surface area contributed by atoms with E-state index < -0.39 is 0 Å². The van der Waals surface area contributed by atoms with Crippen LogP contribution in [0.25, 0.3) is 0 Å². The van der Waals surface area contributed by atoms with Gasteiger partial charge >= 0.3 is 0 Å². The number of hydrogen-bond acceptors (Lipinski definition) is 2. The highest BCUT2D eigenvalue weighted by Gasteiger charge is 2.03. The van der Waals surface area contributed by atoms with Gasteiger partial charge in [-0.2, -0.15) is 0 Å². The fourth-order valence-electron chi connectivity index (χ4n) is 1.62. The van der Waals surface area contributed by atoms with Crippen LogP contribution in [-0.4, -0.2) is 15.6 Å². The molecule has 0 atom stereocenters. The maximum Gasteiger partial charge on any atom is 0.203 e. The molecule has 0 aliphatic carbocycles. The molecule has 16 heavy (non-hydrogen) atoms. The van der Waals surface area contributed by atoms with Crippen molar-refractivity contribution in [3.63, 3.8) is 0 Å². The molecule has 0 fully saturated rings. The third kappa shape index (κ3) is 2.63. The van der Waals surface area contributed by atoms with Gasteiger partial charge in [0.1, 0.15) is 0 Å². The number of anilines is 1. The first-order valence-corrected chi connectivity index (χ1v) is 5.57. The Balaban J connectivity index is 2.13. The van der Waals surface area contributed by atoms with Crippen molar-refractivity contribution in [1.82, 2.24) is 9.55 Å². The van der Waals surface area contributed by atoms with E-state index >= 15 is 0 Å². The number of imidazole rings is 1. The highest BCUT2D eigenvalue weighted by atomic mass is 15.2. The maximum absolute atomic E-state index is 4.30. The monoisotopic (exact) mass is 215 g/mol. The average molecular weight is 215 g/mol. The van der Waals surface area contributed by atoms with Crippen molar-refractivity contribution in [1.29, 1.82) is 0 Å². The van der Waals surface area contributed by atoms with E-state index in [1.165, 1.54) is 5.56 Å². The quantitative estimate of drug-likeness (QED) is 0.850. The molecule has 0 aliphatic rings. The lowest BCUT2D eigenvalue weighted by Crippen LogP contribution is -2.14. The van der Waals surface area contributed by atoms with Gasteiger partial charge in [-0.05, 0) is 19.4 Å². The van der Waals surface area contributed by atoms with Gasteiger partial charge in [0, 0.05) is 18.4 Å². The normalized spacial score (nSPS) is 10.7. The van der Waals surface area contributed by atoms with Crippen LogP contribution in [0.4, 0.5) is 5.95 Å². The van der Waals surface area contributed by atoms with Gasteiger partial charge in [-0.1, -0.05) is 30.3 Å². The van der Waals surface area contributed by atoms with Crippen molar-refractivity contribution in [2.45, 2.75) is 26.4 Å². The molecule has 1 heterocycles. The molecule has 0 bridgehead atoms. The standard InChI is InChI=1S/C13H17N3/c1-11(2)15-13-14-8-9-16(13)10-12-6-4-3-5-7-12/h3-9,11H,10H2,1-2H3,(H,14,15). The maximum atomic E-state index is 4.30. The number of hydrogen-bond donors (Lipinski definition) is 1. The smallest absolute Gasteiger partial charge is 0.203 e. The van der Waals surface area contributed by atoms with Gasteiger partial charge in [0.25, 0.3) is 0 Å². The highest BCUT2D eigenvalue weighted by Crippen LogP contribution is 2.09. The van der Waals surface area contributed by atoms with Crippen molar-refractivity contribution in [3.05, 3.63) is 48.3 Å². The summed E-state index contributed by atoms with van der Waals surface area (Å²) in [5.74, 6) is 0.929. The van der Waals surface area contributed by atoms with Crippen LogP contribution in [0.2, 0.25) is 0 Å². The summed E-state index contributed by atoms with van der Waals surface area (Å²) in [5, 5.41) is 3.33. The Morgan fingerprint density at radius 1 is 1.25 bits per heavy atom. The zero-order chi connectivity index (χ0) is 11.4. The van der Waals surface area contributed by atoms with E-state index in [0.29, 0.717) is 6.04 Å². The van der Waals surface area contributed by atoms with Crippen LogP contribution in [-0.2, 0) is 6.54 Å². The summed E-state index contributed by atoms with van der Waals surface area (Å²) in [6, 6.07) is 10.8. The van der Waals surface area contributed by atoms with Gasteiger partial charge in [-0.3, -0.25) is 0 Å². The van der Waals surface area contributed by atoms with E-state index in [1.807, 2.05) is 18.5 Å². The molecule has 0 saturated carbocycles. The zero-order valence-corrected chi connectivity index (χ0v) is 9.72. The van der Waals surface area contributed by atoms with E-state index in [-0.39, 0.29) is 0 Å². The second-order valence-corrected chi connectivity index (χ2v) is 4.16. The molecule has 0 saturated heterocycles. The molecule has 1 aromatic heterocycles. The molecule has 3 heteroatoms. The number of rotatable bonds is 4. The third-order valence-electron chi connectivity index (χ3n) is 2.33. The van der Waals surface area contributed by atoms with Gasteiger partial charge in [0.15, 0.2) is 0 Å². The van der Waals surface area contributed by atoms with Crippen molar-refractivity contribution >= 4 is 5.95 Å². The van der Waals surface area contributed by atoms with E-state index in [1.54, 1.807) is 0 Å². The average Bonchev–Trinajstić information content (AvgIpc) is 2.66. The van der Waals surface area contributed by atoms with Crippen LogP contribution in [0.5, 0.6) is 0 Å². The van der Waals surface area contributed by atoms with E-state index in [9.17, 15) is 0 Å². The number of nitrogens with zero attached hydrogens (tertiary/aromatic N) is 2. The van der Waals surface area contributed by atoms with Gasteiger partial charge in [-0.25, -0.2) is 4.98 Å². The molecule has 3 nitrogen and oxygen atoms in total. The van der Waals surface area contributed by atoms with Crippen molar-refractivity contribution < 1.29 is 0 Å². The first-order chi connectivity index (χ1) is 7.75. The summed E-state index contributed by atoms with van der Waals surface area (Å²) in [4.78, 5) is 4.30. The third-order valence-corrected chi connectivity index (χ3v) is 2.33. The lowest BCUT2D eigenvalue weighted by atomic mass is 10.2. The molecule has 2 aromatic rings. The Bertz CT molecular complexity index is 431. The molecule has 2 rings (SSSR count). The van der Waals surface area contributed by atoms with Crippen LogP contribution in [0.1, 0.15) is 19.4 Å². The van der Waals surface area contributed by atoms with Gasteiger partial charge in [0.05, 0.1) is 6.54 Å². The van der Waals surface area contributed by atoms with Crippen molar-refractivity contribution in [3.8, 4) is 0 Å².